The zero-order chi connectivity index (χ0) is 15.1. The lowest BCUT2D eigenvalue weighted by atomic mass is 10.1. The number of anilines is 1. The Balaban J connectivity index is 1.65. The minimum atomic E-state index is -0.654. The molecule has 0 radical (unpaired) electrons. The molecule has 0 saturated carbocycles. The van der Waals surface area contributed by atoms with Gasteiger partial charge in [0.2, 0.25) is 5.13 Å². The molecule has 4 rings (SSSR count). The van der Waals surface area contributed by atoms with Crippen LogP contribution in [0, 0.1) is 11.6 Å². The van der Waals surface area contributed by atoms with E-state index in [0.717, 1.165) is 30.2 Å². The summed E-state index contributed by atoms with van der Waals surface area (Å²) >= 11 is 1.18. The van der Waals surface area contributed by atoms with E-state index in [1.165, 1.54) is 23.0 Å². The number of hydrogen-bond donors (Lipinski definition) is 1. The molecule has 2 aromatic carbocycles. The minimum absolute atomic E-state index is 0.168. The first-order valence-corrected chi connectivity index (χ1v) is 7.69. The van der Waals surface area contributed by atoms with E-state index in [1.807, 2.05) is 18.2 Å². The van der Waals surface area contributed by atoms with Crippen molar-refractivity contribution in [2.75, 3.05) is 5.43 Å². The van der Waals surface area contributed by atoms with Gasteiger partial charge >= 0.3 is 0 Å². The summed E-state index contributed by atoms with van der Waals surface area (Å²) in [4.78, 5) is 4.13. The number of hydrogen-bond acceptors (Lipinski definition) is 4. The second kappa shape index (κ2) is 5.14. The van der Waals surface area contributed by atoms with Gasteiger partial charge in [-0.05, 0) is 24.5 Å². The van der Waals surface area contributed by atoms with E-state index in [2.05, 4.69) is 21.6 Å². The predicted octanol–water partition coefficient (Wildman–Crippen LogP) is 4.34. The van der Waals surface area contributed by atoms with Crippen LogP contribution in [0.5, 0.6) is 0 Å². The Morgan fingerprint density at radius 3 is 2.91 bits per heavy atom. The number of aryl methyl sites for hydroxylation is 1. The number of benzene rings is 2. The van der Waals surface area contributed by atoms with Crippen LogP contribution in [-0.4, -0.2) is 10.7 Å². The van der Waals surface area contributed by atoms with Crippen LogP contribution in [0.15, 0.2) is 41.5 Å². The molecule has 0 bridgehead atoms. The summed E-state index contributed by atoms with van der Waals surface area (Å²) in [5, 5.41) is 4.84. The molecule has 1 heterocycles. The minimum Gasteiger partial charge on any atom is -0.252 e. The monoisotopic (exact) mass is 315 g/mol. The van der Waals surface area contributed by atoms with Gasteiger partial charge in [0.15, 0.2) is 5.82 Å². The Bertz CT molecular complexity index is 902. The van der Waals surface area contributed by atoms with E-state index in [4.69, 9.17) is 0 Å². The normalized spacial score (nSPS) is 15.5. The van der Waals surface area contributed by atoms with Crippen LogP contribution in [0.2, 0.25) is 0 Å². The maximum atomic E-state index is 13.6. The maximum Gasteiger partial charge on any atom is 0.204 e. The van der Waals surface area contributed by atoms with E-state index >= 15 is 0 Å². The lowest BCUT2D eigenvalue weighted by Crippen LogP contribution is -1.99. The molecule has 110 valence electrons. The van der Waals surface area contributed by atoms with Crippen molar-refractivity contribution in [3.05, 3.63) is 59.2 Å². The fourth-order valence-electron chi connectivity index (χ4n) is 2.64. The van der Waals surface area contributed by atoms with Crippen molar-refractivity contribution in [3.63, 3.8) is 0 Å². The average molecular weight is 315 g/mol. The summed E-state index contributed by atoms with van der Waals surface area (Å²) in [6, 6.07) is 10.2. The van der Waals surface area contributed by atoms with Crippen molar-refractivity contribution < 1.29 is 8.78 Å². The van der Waals surface area contributed by atoms with Gasteiger partial charge in [-0.15, -0.1) is 0 Å². The van der Waals surface area contributed by atoms with Gasteiger partial charge in [-0.25, -0.2) is 13.8 Å². The number of halogens is 2. The third-order valence-corrected chi connectivity index (χ3v) is 4.57. The Kier molecular flexibility index (Phi) is 3.11. The average Bonchev–Trinajstić information content (AvgIpc) is 3.09. The summed E-state index contributed by atoms with van der Waals surface area (Å²) < 4.78 is 27.3. The van der Waals surface area contributed by atoms with Crippen LogP contribution in [0.25, 0.3) is 10.2 Å². The molecule has 0 saturated heterocycles. The summed E-state index contributed by atoms with van der Waals surface area (Å²) in [6.07, 6.45) is 1.83. The highest BCUT2D eigenvalue weighted by Gasteiger charge is 2.17. The fraction of sp³-hybridized carbons (Fsp3) is 0.125. The molecule has 0 spiro atoms. The van der Waals surface area contributed by atoms with Crippen molar-refractivity contribution in [3.8, 4) is 0 Å². The zero-order valence-corrected chi connectivity index (χ0v) is 12.3. The molecule has 22 heavy (non-hydrogen) atoms. The van der Waals surface area contributed by atoms with E-state index in [0.29, 0.717) is 9.83 Å². The number of hydrazone groups is 1. The van der Waals surface area contributed by atoms with Gasteiger partial charge in [0, 0.05) is 11.6 Å². The molecule has 0 aliphatic heterocycles. The summed E-state index contributed by atoms with van der Waals surface area (Å²) in [6.45, 7) is 0. The quantitative estimate of drug-likeness (QED) is 0.714. The van der Waals surface area contributed by atoms with Crippen LogP contribution >= 0.6 is 11.3 Å². The molecule has 1 aromatic heterocycles. The smallest absolute Gasteiger partial charge is 0.204 e. The Morgan fingerprint density at radius 1 is 1.14 bits per heavy atom. The standard InChI is InChI=1S/C16H11F2N3S/c17-10-7-12(18)15-14(8-10)22-16(19-15)21-20-13-6-5-9-3-1-2-4-11(9)13/h1-4,7-8H,5-6H2,(H,19,21)/b20-13+. The van der Waals surface area contributed by atoms with Crippen molar-refractivity contribution >= 4 is 32.4 Å². The second-order valence-electron chi connectivity index (χ2n) is 5.08. The van der Waals surface area contributed by atoms with Gasteiger partial charge in [0.25, 0.3) is 0 Å². The molecule has 3 nitrogen and oxygen atoms in total. The van der Waals surface area contributed by atoms with Gasteiger partial charge in [0.05, 0.1) is 10.4 Å². The summed E-state index contributed by atoms with van der Waals surface area (Å²) in [7, 11) is 0. The first-order valence-electron chi connectivity index (χ1n) is 6.87. The van der Waals surface area contributed by atoms with E-state index in [9.17, 15) is 8.78 Å². The molecule has 3 aromatic rings. The van der Waals surface area contributed by atoms with Gasteiger partial charge < -0.3 is 0 Å². The number of rotatable bonds is 2. The largest absolute Gasteiger partial charge is 0.252 e. The number of nitrogens with one attached hydrogen (secondary N) is 1. The van der Waals surface area contributed by atoms with E-state index in [-0.39, 0.29) is 5.52 Å². The van der Waals surface area contributed by atoms with Gasteiger partial charge in [-0.1, -0.05) is 35.6 Å². The van der Waals surface area contributed by atoms with Crippen molar-refractivity contribution in [2.45, 2.75) is 12.8 Å². The predicted molar refractivity (Wildman–Crippen MR) is 84.5 cm³/mol. The highest BCUT2D eigenvalue weighted by molar-refractivity contribution is 7.22. The Labute approximate surface area is 129 Å². The number of thiazole rings is 1. The first-order chi connectivity index (χ1) is 10.7. The molecule has 0 amide bonds. The third kappa shape index (κ3) is 2.25. The molecule has 0 fully saturated rings. The molecule has 0 unspecified atom stereocenters. The molecular weight excluding hydrogens is 304 g/mol. The Hall–Kier alpha value is -2.34. The second-order valence-corrected chi connectivity index (χ2v) is 6.11. The molecule has 1 aliphatic rings. The lowest BCUT2D eigenvalue weighted by Gasteiger charge is -1.99. The van der Waals surface area contributed by atoms with Crippen LogP contribution in [-0.2, 0) is 6.42 Å². The van der Waals surface area contributed by atoms with Crippen LogP contribution < -0.4 is 5.43 Å². The summed E-state index contributed by atoms with van der Waals surface area (Å²) in [5.74, 6) is -1.26. The fourth-order valence-corrected chi connectivity index (χ4v) is 3.49. The third-order valence-electron chi connectivity index (χ3n) is 3.66. The molecule has 0 atom stereocenters. The van der Waals surface area contributed by atoms with Crippen molar-refractivity contribution in [1.82, 2.24) is 4.98 Å². The number of fused-ring (bicyclic) bond motifs is 2. The highest BCUT2D eigenvalue weighted by atomic mass is 32.1. The van der Waals surface area contributed by atoms with Crippen molar-refractivity contribution in [1.29, 1.82) is 0 Å². The molecular formula is C16H11F2N3S. The van der Waals surface area contributed by atoms with E-state index < -0.39 is 11.6 Å². The van der Waals surface area contributed by atoms with Gasteiger partial charge in [0.1, 0.15) is 11.3 Å². The van der Waals surface area contributed by atoms with Crippen LogP contribution in [0.4, 0.5) is 13.9 Å². The molecule has 1 aliphatic carbocycles. The first kappa shape index (κ1) is 13.3. The Morgan fingerprint density at radius 2 is 2.00 bits per heavy atom. The molecule has 1 N–H and O–H groups in total. The van der Waals surface area contributed by atoms with Crippen LogP contribution in [0.3, 0.4) is 0 Å². The molecule has 6 heteroatoms. The van der Waals surface area contributed by atoms with Crippen LogP contribution in [0.1, 0.15) is 17.5 Å². The number of aromatic nitrogens is 1. The SMILES string of the molecule is Fc1cc(F)c2nc(N/N=C3\CCc4ccccc43)sc2c1. The topological polar surface area (TPSA) is 37.3 Å². The van der Waals surface area contributed by atoms with Gasteiger partial charge in [-0.2, -0.15) is 5.10 Å². The summed E-state index contributed by atoms with van der Waals surface area (Å²) in [5.41, 5.74) is 6.41. The maximum absolute atomic E-state index is 13.6. The zero-order valence-electron chi connectivity index (χ0n) is 11.4. The van der Waals surface area contributed by atoms with Crippen molar-refractivity contribution in [2.24, 2.45) is 5.10 Å². The lowest BCUT2D eigenvalue weighted by molar-refractivity contribution is 0.591. The van der Waals surface area contributed by atoms with Gasteiger partial charge in [-0.3, -0.25) is 5.43 Å². The highest BCUT2D eigenvalue weighted by Crippen LogP contribution is 2.29. The number of nitrogens with zero attached hydrogens (tertiary/aromatic N) is 2. The van der Waals surface area contributed by atoms with E-state index in [1.54, 1.807) is 0 Å².